The van der Waals surface area contributed by atoms with Crippen molar-refractivity contribution in [3.63, 3.8) is 0 Å². The van der Waals surface area contributed by atoms with Crippen LogP contribution in [0.4, 0.5) is 0 Å². The zero-order chi connectivity index (χ0) is 14.7. The highest BCUT2D eigenvalue weighted by atomic mass is 127. The zero-order valence-corrected chi connectivity index (χ0v) is 13.4. The Morgan fingerprint density at radius 3 is 2.85 bits per heavy atom. The van der Waals surface area contributed by atoms with Gasteiger partial charge in [0.15, 0.2) is 0 Å². The Labute approximate surface area is 130 Å². The highest BCUT2D eigenvalue weighted by Gasteiger charge is 2.13. The van der Waals surface area contributed by atoms with Crippen LogP contribution in [0.25, 0.3) is 0 Å². The summed E-state index contributed by atoms with van der Waals surface area (Å²) in [5.74, 6) is -0.613. The third-order valence-electron chi connectivity index (χ3n) is 2.83. The molecule has 0 saturated carbocycles. The molecule has 0 fully saturated rings. The van der Waals surface area contributed by atoms with Crippen LogP contribution in [-0.2, 0) is 13.2 Å². The summed E-state index contributed by atoms with van der Waals surface area (Å²) in [6, 6.07) is 7.05. The first-order chi connectivity index (χ1) is 9.51. The highest BCUT2D eigenvalue weighted by Crippen LogP contribution is 2.22. The molecule has 1 heterocycles. The molecule has 0 radical (unpaired) electrons. The van der Waals surface area contributed by atoms with Crippen LogP contribution >= 0.6 is 22.6 Å². The largest absolute Gasteiger partial charge is 0.486 e. The molecule has 0 unspecified atom stereocenters. The quantitative estimate of drug-likeness (QED) is 0.803. The second-order valence-electron chi connectivity index (χ2n) is 4.33. The smallest absolute Gasteiger partial charge is 0.339 e. The van der Waals surface area contributed by atoms with E-state index in [0.717, 1.165) is 21.5 Å². The van der Waals surface area contributed by atoms with Gasteiger partial charge in [-0.1, -0.05) is 0 Å². The fraction of sp³-hybridized carbons (Fsp3) is 0.286. The van der Waals surface area contributed by atoms with Gasteiger partial charge in [-0.3, -0.25) is 4.68 Å². The van der Waals surface area contributed by atoms with Crippen molar-refractivity contribution in [1.82, 2.24) is 9.78 Å². The zero-order valence-electron chi connectivity index (χ0n) is 11.3. The Morgan fingerprint density at radius 2 is 2.20 bits per heavy atom. The summed E-state index contributed by atoms with van der Waals surface area (Å²) in [5, 5.41) is 13.5. The second-order valence-corrected chi connectivity index (χ2v) is 5.57. The van der Waals surface area contributed by atoms with Gasteiger partial charge in [0.1, 0.15) is 17.9 Å². The van der Waals surface area contributed by atoms with E-state index in [9.17, 15) is 9.90 Å². The van der Waals surface area contributed by atoms with Gasteiger partial charge in [-0.05, 0) is 60.7 Å². The minimum Gasteiger partial charge on any atom is -0.486 e. The van der Waals surface area contributed by atoms with Gasteiger partial charge < -0.3 is 9.84 Å². The number of nitrogens with zero attached hydrogens (tertiary/aromatic N) is 2. The number of carboxylic acid groups (broad SMARTS) is 1. The average Bonchev–Trinajstić information content (AvgIpc) is 2.77. The van der Waals surface area contributed by atoms with Gasteiger partial charge in [-0.2, -0.15) is 5.10 Å². The molecular formula is C14H15IN2O3. The third kappa shape index (κ3) is 3.30. The number of halogens is 1. The van der Waals surface area contributed by atoms with E-state index in [-0.39, 0.29) is 5.56 Å². The molecule has 106 valence electrons. The van der Waals surface area contributed by atoms with Crippen molar-refractivity contribution in [2.24, 2.45) is 0 Å². The Bertz CT molecular complexity index is 637. The van der Waals surface area contributed by atoms with E-state index >= 15 is 0 Å². The molecule has 0 saturated heterocycles. The van der Waals surface area contributed by atoms with Gasteiger partial charge in [-0.15, -0.1) is 0 Å². The molecule has 0 bridgehead atoms. The van der Waals surface area contributed by atoms with Crippen LogP contribution in [0.2, 0.25) is 0 Å². The van der Waals surface area contributed by atoms with Gasteiger partial charge >= 0.3 is 5.97 Å². The lowest BCUT2D eigenvalue weighted by molar-refractivity contribution is 0.0691. The van der Waals surface area contributed by atoms with Crippen LogP contribution in [0.15, 0.2) is 24.3 Å². The van der Waals surface area contributed by atoms with Crippen LogP contribution in [0.1, 0.15) is 28.7 Å². The van der Waals surface area contributed by atoms with E-state index < -0.39 is 5.97 Å². The number of hydrogen-bond donors (Lipinski definition) is 1. The number of ether oxygens (including phenoxy) is 1. The predicted octanol–water partition coefficient (Wildman–Crippen LogP) is 3.09. The van der Waals surface area contributed by atoms with E-state index in [1.807, 2.05) is 30.7 Å². The van der Waals surface area contributed by atoms with Crippen LogP contribution in [0.3, 0.4) is 0 Å². The normalized spacial score (nSPS) is 10.6. The molecule has 1 N–H and O–H groups in total. The first-order valence-electron chi connectivity index (χ1n) is 6.20. The summed E-state index contributed by atoms with van der Waals surface area (Å²) in [6.07, 6.45) is 0. The van der Waals surface area contributed by atoms with E-state index in [4.69, 9.17) is 4.74 Å². The molecule has 0 atom stereocenters. The number of carbonyl (C=O) groups is 1. The summed E-state index contributed by atoms with van der Waals surface area (Å²) in [4.78, 5) is 11.2. The Morgan fingerprint density at radius 1 is 1.45 bits per heavy atom. The third-order valence-corrected chi connectivity index (χ3v) is 3.50. The van der Waals surface area contributed by atoms with Crippen LogP contribution < -0.4 is 4.74 Å². The number of aryl methyl sites for hydroxylation is 2. The molecule has 0 aliphatic rings. The van der Waals surface area contributed by atoms with E-state index in [1.165, 1.54) is 0 Å². The number of aromatic nitrogens is 2. The van der Waals surface area contributed by atoms with Crippen LogP contribution in [0.5, 0.6) is 5.75 Å². The minimum absolute atomic E-state index is 0.177. The molecule has 0 amide bonds. The first kappa shape index (κ1) is 14.8. The first-order valence-corrected chi connectivity index (χ1v) is 7.28. The highest BCUT2D eigenvalue weighted by molar-refractivity contribution is 14.1. The Kier molecular flexibility index (Phi) is 4.64. The molecular weight excluding hydrogens is 371 g/mol. The maximum absolute atomic E-state index is 11.2. The van der Waals surface area contributed by atoms with Crippen molar-refractivity contribution in [2.75, 3.05) is 0 Å². The number of aromatic carboxylic acids is 1. The van der Waals surface area contributed by atoms with Crippen LogP contribution in [0, 0.1) is 10.5 Å². The maximum atomic E-state index is 11.2. The molecule has 5 nitrogen and oxygen atoms in total. The SMILES string of the molecule is CCn1nc(C)cc1COc1ccc(I)cc1C(=O)O. The lowest BCUT2D eigenvalue weighted by Crippen LogP contribution is -2.08. The number of rotatable bonds is 5. The fourth-order valence-corrected chi connectivity index (χ4v) is 2.43. The number of carboxylic acids is 1. The number of hydrogen-bond acceptors (Lipinski definition) is 3. The van der Waals surface area contributed by atoms with E-state index in [2.05, 4.69) is 27.7 Å². The van der Waals surface area contributed by atoms with Crippen LogP contribution in [-0.4, -0.2) is 20.9 Å². The second kappa shape index (κ2) is 6.25. The van der Waals surface area contributed by atoms with Crippen molar-refractivity contribution in [1.29, 1.82) is 0 Å². The monoisotopic (exact) mass is 386 g/mol. The average molecular weight is 386 g/mol. The predicted molar refractivity (Wildman–Crippen MR) is 83.1 cm³/mol. The van der Waals surface area contributed by atoms with Gasteiger partial charge in [0.05, 0.1) is 11.4 Å². The molecule has 2 aromatic rings. The molecule has 0 spiro atoms. The standard InChI is InChI=1S/C14H15IN2O3/c1-3-17-11(6-9(2)16-17)8-20-13-5-4-10(15)7-12(13)14(18)19/h4-7H,3,8H2,1-2H3,(H,18,19). The molecule has 6 heteroatoms. The van der Waals surface area contributed by atoms with Gasteiger partial charge in [-0.25, -0.2) is 4.79 Å². The summed E-state index contributed by atoms with van der Waals surface area (Å²) >= 11 is 2.08. The Hall–Kier alpha value is -1.57. The summed E-state index contributed by atoms with van der Waals surface area (Å²) in [5.41, 5.74) is 2.03. The molecule has 20 heavy (non-hydrogen) atoms. The van der Waals surface area contributed by atoms with E-state index in [1.54, 1.807) is 12.1 Å². The molecule has 1 aromatic carbocycles. The van der Waals surface area contributed by atoms with Crippen molar-refractivity contribution in [2.45, 2.75) is 27.0 Å². The lowest BCUT2D eigenvalue weighted by Gasteiger charge is -2.10. The molecule has 0 aliphatic carbocycles. The summed E-state index contributed by atoms with van der Waals surface area (Å²) < 4.78 is 8.36. The minimum atomic E-state index is -0.987. The van der Waals surface area contributed by atoms with Gasteiger partial charge in [0.2, 0.25) is 0 Å². The molecule has 2 rings (SSSR count). The lowest BCUT2D eigenvalue weighted by atomic mass is 10.2. The van der Waals surface area contributed by atoms with Gasteiger partial charge in [0, 0.05) is 10.1 Å². The van der Waals surface area contributed by atoms with Crippen molar-refractivity contribution >= 4 is 28.6 Å². The molecule has 0 aliphatic heterocycles. The van der Waals surface area contributed by atoms with E-state index in [0.29, 0.717) is 12.4 Å². The van der Waals surface area contributed by atoms with Crippen molar-refractivity contribution in [3.05, 3.63) is 44.8 Å². The maximum Gasteiger partial charge on any atom is 0.339 e. The fourth-order valence-electron chi connectivity index (χ4n) is 1.94. The topological polar surface area (TPSA) is 64.4 Å². The Balaban J connectivity index is 2.20. The van der Waals surface area contributed by atoms with Crippen molar-refractivity contribution in [3.8, 4) is 5.75 Å². The summed E-state index contributed by atoms with van der Waals surface area (Å²) in [6.45, 7) is 4.98. The van der Waals surface area contributed by atoms with Crippen molar-refractivity contribution < 1.29 is 14.6 Å². The molecule has 1 aromatic heterocycles. The number of benzene rings is 1. The van der Waals surface area contributed by atoms with Gasteiger partial charge in [0.25, 0.3) is 0 Å². The summed E-state index contributed by atoms with van der Waals surface area (Å²) in [7, 11) is 0.